The van der Waals surface area contributed by atoms with Crippen molar-refractivity contribution in [3.8, 4) is 5.75 Å². The number of para-hydroxylation sites is 1. The van der Waals surface area contributed by atoms with Crippen LogP contribution >= 0.6 is 0 Å². The second-order valence-electron chi connectivity index (χ2n) is 5.97. The number of carbonyl (C=O) groups is 1. The number of aromatic nitrogens is 1. The van der Waals surface area contributed by atoms with Crippen molar-refractivity contribution in [2.24, 2.45) is 0 Å². The Kier molecular flexibility index (Phi) is 6.29. The van der Waals surface area contributed by atoms with Crippen LogP contribution in [0.3, 0.4) is 0 Å². The number of pyridine rings is 1. The molecule has 0 saturated heterocycles. The lowest BCUT2D eigenvalue weighted by Gasteiger charge is -2.38. The fourth-order valence-electron chi connectivity index (χ4n) is 2.38. The standard InChI is InChI=1S/C18H17F6N3O2/c1-3-29-13-7-5-4-6-12(13)15(28)27-16(17(19,20)21,18(22,23)24)26-14-9-8-11(2)10-25-14/h4-10H,3H2,1-2H3,(H,25,26)(H,27,28). The number of hydrogen-bond acceptors (Lipinski definition) is 4. The average Bonchev–Trinajstić information content (AvgIpc) is 2.61. The molecule has 2 rings (SSSR count). The summed E-state index contributed by atoms with van der Waals surface area (Å²) in [4.78, 5) is 16.0. The fourth-order valence-corrected chi connectivity index (χ4v) is 2.38. The van der Waals surface area contributed by atoms with Crippen LogP contribution in [0.2, 0.25) is 0 Å². The van der Waals surface area contributed by atoms with Crippen LogP contribution in [0.5, 0.6) is 5.75 Å². The smallest absolute Gasteiger partial charge is 0.439 e. The fraction of sp³-hybridized carbons (Fsp3) is 0.333. The van der Waals surface area contributed by atoms with Crippen molar-refractivity contribution in [2.75, 3.05) is 11.9 Å². The third kappa shape index (κ3) is 4.72. The Morgan fingerprint density at radius 1 is 1.03 bits per heavy atom. The summed E-state index contributed by atoms with van der Waals surface area (Å²) in [5.74, 6) is -2.49. The predicted octanol–water partition coefficient (Wildman–Crippen LogP) is 4.45. The number of amides is 1. The summed E-state index contributed by atoms with van der Waals surface area (Å²) in [6.45, 7) is 3.17. The van der Waals surface area contributed by atoms with E-state index < -0.39 is 35.3 Å². The number of alkyl halides is 6. The minimum absolute atomic E-state index is 0.0551. The summed E-state index contributed by atoms with van der Waals surface area (Å²) in [6, 6.07) is 7.26. The van der Waals surface area contributed by atoms with Crippen LogP contribution in [-0.2, 0) is 0 Å². The quantitative estimate of drug-likeness (QED) is 0.534. The number of benzene rings is 1. The molecule has 11 heteroatoms. The molecule has 158 valence electrons. The number of anilines is 1. The van der Waals surface area contributed by atoms with Crippen LogP contribution in [0.1, 0.15) is 22.8 Å². The maximum atomic E-state index is 13.7. The first kappa shape index (κ1) is 22.3. The van der Waals surface area contributed by atoms with Gasteiger partial charge < -0.3 is 15.4 Å². The lowest BCUT2D eigenvalue weighted by atomic mass is 10.1. The Balaban J connectivity index is 2.53. The van der Waals surface area contributed by atoms with E-state index in [0.29, 0.717) is 5.56 Å². The number of ether oxygens (including phenoxy) is 1. The van der Waals surface area contributed by atoms with Gasteiger partial charge in [0.1, 0.15) is 11.6 Å². The van der Waals surface area contributed by atoms with Crippen molar-refractivity contribution in [1.82, 2.24) is 10.3 Å². The molecule has 1 amide bonds. The number of carbonyl (C=O) groups excluding carboxylic acids is 1. The van der Waals surface area contributed by atoms with Crippen molar-refractivity contribution in [3.63, 3.8) is 0 Å². The predicted molar refractivity (Wildman–Crippen MR) is 92.5 cm³/mol. The highest BCUT2D eigenvalue weighted by atomic mass is 19.4. The van der Waals surface area contributed by atoms with Gasteiger partial charge in [0.05, 0.1) is 12.2 Å². The third-order valence-electron chi connectivity index (χ3n) is 3.81. The van der Waals surface area contributed by atoms with Crippen LogP contribution in [0.15, 0.2) is 42.6 Å². The van der Waals surface area contributed by atoms with E-state index in [0.717, 1.165) is 23.6 Å². The molecule has 1 aromatic heterocycles. The summed E-state index contributed by atoms with van der Waals surface area (Å²) < 4.78 is 87.3. The highest BCUT2D eigenvalue weighted by molar-refractivity contribution is 5.97. The zero-order valence-corrected chi connectivity index (χ0v) is 15.3. The van der Waals surface area contributed by atoms with E-state index in [9.17, 15) is 31.1 Å². The third-order valence-corrected chi connectivity index (χ3v) is 3.81. The Labute approximate surface area is 162 Å². The van der Waals surface area contributed by atoms with Gasteiger partial charge in [0.2, 0.25) is 0 Å². The Morgan fingerprint density at radius 2 is 1.66 bits per heavy atom. The molecule has 2 N–H and O–H groups in total. The molecule has 0 bridgehead atoms. The van der Waals surface area contributed by atoms with E-state index >= 15 is 0 Å². The van der Waals surface area contributed by atoms with E-state index in [1.165, 1.54) is 29.6 Å². The molecule has 0 aliphatic rings. The SMILES string of the molecule is CCOc1ccccc1C(=O)NC(Nc1ccc(C)cn1)(C(F)(F)F)C(F)(F)F. The maximum Gasteiger partial charge on any atom is 0.439 e. The van der Waals surface area contributed by atoms with Crippen molar-refractivity contribution < 1.29 is 35.9 Å². The summed E-state index contributed by atoms with van der Waals surface area (Å²) >= 11 is 0. The first-order chi connectivity index (χ1) is 13.4. The highest BCUT2D eigenvalue weighted by Gasteiger charge is 2.73. The van der Waals surface area contributed by atoms with Crippen LogP contribution in [-0.4, -0.2) is 35.5 Å². The number of nitrogens with zero attached hydrogens (tertiary/aromatic N) is 1. The van der Waals surface area contributed by atoms with Crippen LogP contribution in [0.4, 0.5) is 32.2 Å². The Morgan fingerprint density at radius 3 is 2.17 bits per heavy atom. The number of nitrogens with one attached hydrogen (secondary N) is 2. The number of halogens is 6. The first-order valence-corrected chi connectivity index (χ1v) is 8.30. The minimum atomic E-state index is -5.95. The van der Waals surface area contributed by atoms with Gasteiger partial charge >= 0.3 is 18.0 Å². The first-order valence-electron chi connectivity index (χ1n) is 8.30. The molecular weight excluding hydrogens is 404 g/mol. The zero-order chi connectivity index (χ0) is 21.9. The molecule has 29 heavy (non-hydrogen) atoms. The molecule has 0 saturated carbocycles. The molecule has 2 aromatic rings. The molecule has 0 radical (unpaired) electrons. The molecule has 5 nitrogen and oxygen atoms in total. The molecule has 0 aliphatic heterocycles. The van der Waals surface area contributed by atoms with Gasteiger partial charge in [0.15, 0.2) is 0 Å². The van der Waals surface area contributed by atoms with Crippen molar-refractivity contribution in [1.29, 1.82) is 0 Å². The molecule has 0 fully saturated rings. The largest absolute Gasteiger partial charge is 0.493 e. The zero-order valence-electron chi connectivity index (χ0n) is 15.3. The summed E-state index contributed by atoms with van der Waals surface area (Å²) in [5, 5.41) is 2.39. The van der Waals surface area contributed by atoms with Gasteiger partial charge in [-0.3, -0.25) is 4.79 Å². The van der Waals surface area contributed by atoms with Crippen molar-refractivity contribution in [2.45, 2.75) is 31.9 Å². The molecule has 0 atom stereocenters. The Hall–Kier alpha value is -2.98. The monoisotopic (exact) mass is 421 g/mol. The van der Waals surface area contributed by atoms with E-state index in [1.54, 1.807) is 13.8 Å². The molecular formula is C18H17F6N3O2. The van der Waals surface area contributed by atoms with E-state index in [4.69, 9.17) is 4.74 Å². The molecule has 0 unspecified atom stereocenters. The normalized spacial score (nSPS) is 12.4. The van der Waals surface area contributed by atoms with Gasteiger partial charge in [-0.25, -0.2) is 4.98 Å². The molecule has 1 aromatic carbocycles. The maximum absolute atomic E-state index is 13.7. The van der Waals surface area contributed by atoms with Gasteiger partial charge in [-0.1, -0.05) is 18.2 Å². The highest BCUT2D eigenvalue weighted by Crippen LogP contribution is 2.43. The summed E-state index contributed by atoms with van der Waals surface area (Å²) in [7, 11) is 0. The van der Waals surface area contributed by atoms with Gasteiger partial charge in [-0.2, -0.15) is 26.3 Å². The number of rotatable bonds is 6. The minimum Gasteiger partial charge on any atom is -0.493 e. The lowest BCUT2D eigenvalue weighted by molar-refractivity contribution is -0.294. The lowest BCUT2D eigenvalue weighted by Crippen LogP contribution is -2.72. The second kappa shape index (κ2) is 8.18. The van der Waals surface area contributed by atoms with Crippen LogP contribution < -0.4 is 15.4 Å². The van der Waals surface area contributed by atoms with Crippen LogP contribution in [0, 0.1) is 6.92 Å². The topological polar surface area (TPSA) is 63.2 Å². The van der Waals surface area contributed by atoms with E-state index in [1.807, 2.05) is 0 Å². The number of hydrogen-bond donors (Lipinski definition) is 2. The van der Waals surface area contributed by atoms with Gasteiger partial charge in [0.25, 0.3) is 5.91 Å². The summed E-state index contributed by atoms with van der Waals surface area (Å²) in [6.07, 6.45) is -10.8. The van der Waals surface area contributed by atoms with Crippen molar-refractivity contribution in [3.05, 3.63) is 53.7 Å². The van der Waals surface area contributed by atoms with Gasteiger partial charge in [0, 0.05) is 6.20 Å². The van der Waals surface area contributed by atoms with Gasteiger partial charge in [-0.05, 0) is 37.6 Å². The average molecular weight is 421 g/mol. The summed E-state index contributed by atoms with van der Waals surface area (Å²) in [5.41, 5.74) is -4.74. The number of aryl methyl sites for hydroxylation is 1. The molecule has 0 spiro atoms. The van der Waals surface area contributed by atoms with Crippen molar-refractivity contribution >= 4 is 11.7 Å². The van der Waals surface area contributed by atoms with Gasteiger partial charge in [-0.15, -0.1) is 0 Å². The molecule has 0 aliphatic carbocycles. The second-order valence-corrected chi connectivity index (χ2v) is 5.97. The van der Waals surface area contributed by atoms with E-state index in [2.05, 4.69) is 4.98 Å². The molecule has 1 heterocycles. The van der Waals surface area contributed by atoms with E-state index in [-0.39, 0.29) is 12.4 Å². The Bertz CT molecular complexity index is 836. The van der Waals surface area contributed by atoms with Crippen LogP contribution in [0.25, 0.3) is 0 Å².